The molecule has 0 saturated carbocycles. The fraction of sp³-hybridized carbons (Fsp3) is 0.444. The van der Waals surface area contributed by atoms with Crippen molar-refractivity contribution in [3.05, 3.63) is 29.9 Å². The lowest BCUT2D eigenvalue weighted by molar-refractivity contribution is 0.138. The molecule has 0 aliphatic carbocycles. The Morgan fingerprint density at radius 3 is 3.17 bits per heavy atom. The molecule has 1 aliphatic heterocycles. The van der Waals surface area contributed by atoms with Crippen LogP contribution in [-0.2, 0) is 11.2 Å². The third-order valence-electron chi connectivity index (χ3n) is 1.95. The fourth-order valence-corrected chi connectivity index (χ4v) is 1.21. The van der Waals surface area contributed by atoms with E-state index in [4.69, 9.17) is 9.26 Å². The standard InChI is InChI=1S/C9H11NO2/c1-2-7-6-9(12-10-7)8-4-3-5-11-8/h3,5-6,8H,2,4H2,1H3. The summed E-state index contributed by atoms with van der Waals surface area (Å²) in [6.07, 6.45) is 5.54. The van der Waals surface area contributed by atoms with Gasteiger partial charge in [-0.2, -0.15) is 0 Å². The first-order chi connectivity index (χ1) is 5.90. The molecule has 64 valence electrons. The molecule has 0 bridgehead atoms. The normalized spacial score (nSPS) is 21.2. The second-order valence-corrected chi connectivity index (χ2v) is 2.81. The first-order valence-corrected chi connectivity index (χ1v) is 4.16. The molecule has 2 rings (SSSR count). The molecular weight excluding hydrogens is 154 g/mol. The maximum atomic E-state index is 5.28. The van der Waals surface area contributed by atoms with Gasteiger partial charge in [0.25, 0.3) is 0 Å². The molecule has 1 unspecified atom stereocenters. The molecule has 12 heavy (non-hydrogen) atoms. The van der Waals surface area contributed by atoms with Crippen molar-refractivity contribution in [1.29, 1.82) is 0 Å². The average Bonchev–Trinajstić information content (AvgIpc) is 2.75. The minimum Gasteiger partial charge on any atom is -0.490 e. The number of nitrogens with zero attached hydrogens (tertiary/aromatic N) is 1. The van der Waals surface area contributed by atoms with Gasteiger partial charge in [0.2, 0.25) is 0 Å². The maximum Gasteiger partial charge on any atom is 0.177 e. The zero-order valence-corrected chi connectivity index (χ0v) is 6.99. The van der Waals surface area contributed by atoms with Crippen molar-refractivity contribution in [2.24, 2.45) is 0 Å². The Bertz CT molecular complexity index is 282. The van der Waals surface area contributed by atoms with Gasteiger partial charge in [-0.1, -0.05) is 12.1 Å². The summed E-state index contributed by atoms with van der Waals surface area (Å²) in [6.45, 7) is 2.05. The molecule has 0 saturated heterocycles. The van der Waals surface area contributed by atoms with Crippen LogP contribution in [0.2, 0.25) is 0 Å². The summed E-state index contributed by atoms with van der Waals surface area (Å²) in [5.74, 6) is 0.830. The lowest BCUT2D eigenvalue weighted by Gasteiger charge is -2.03. The number of hydrogen-bond donors (Lipinski definition) is 0. The van der Waals surface area contributed by atoms with Gasteiger partial charge in [0.05, 0.1) is 12.0 Å². The molecule has 1 atom stereocenters. The zero-order valence-electron chi connectivity index (χ0n) is 6.99. The van der Waals surface area contributed by atoms with E-state index in [1.165, 1.54) is 0 Å². The van der Waals surface area contributed by atoms with Crippen LogP contribution in [0.4, 0.5) is 0 Å². The van der Waals surface area contributed by atoms with Crippen molar-refractivity contribution in [3.63, 3.8) is 0 Å². The van der Waals surface area contributed by atoms with E-state index in [1.807, 2.05) is 12.1 Å². The number of aryl methyl sites for hydroxylation is 1. The molecule has 0 aromatic carbocycles. The maximum absolute atomic E-state index is 5.28. The van der Waals surface area contributed by atoms with Gasteiger partial charge in [-0.3, -0.25) is 0 Å². The number of ether oxygens (including phenoxy) is 1. The van der Waals surface area contributed by atoms with E-state index in [9.17, 15) is 0 Å². The molecule has 0 amide bonds. The molecule has 1 aromatic heterocycles. The monoisotopic (exact) mass is 165 g/mol. The van der Waals surface area contributed by atoms with Gasteiger partial charge in [-0.15, -0.1) is 0 Å². The second kappa shape index (κ2) is 3.01. The van der Waals surface area contributed by atoms with E-state index in [-0.39, 0.29) is 6.10 Å². The summed E-state index contributed by atoms with van der Waals surface area (Å²) in [6, 6.07) is 1.96. The van der Waals surface area contributed by atoms with E-state index in [0.29, 0.717) is 0 Å². The molecule has 0 N–H and O–H groups in total. The van der Waals surface area contributed by atoms with Crippen LogP contribution < -0.4 is 0 Å². The smallest absolute Gasteiger partial charge is 0.177 e. The van der Waals surface area contributed by atoms with Crippen molar-refractivity contribution >= 4 is 0 Å². The SMILES string of the molecule is CCc1cc(C2CC=CO2)on1. The van der Waals surface area contributed by atoms with Crippen LogP contribution in [0, 0.1) is 0 Å². The minimum absolute atomic E-state index is 0.0535. The Balaban J connectivity index is 2.12. The Morgan fingerprint density at radius 1 is 1.67 bits per heavy atom. The van der Waals surface area contributed by atoms with Gasteiger partial charge in [0.1, 0.15) is 0 Å². The van der Waals surface area contributed by atoms with Crippen LogP contribution in [0.3, 0.4) is 0 Å². The summed E-state index contributed by atoms with van der Waals surface area (Å²) >= 11 is 0. The van der Waals surface area contributed by atoms with Crippen LogP contribution in [0.5, 0.6) is 0 Å². The third-order valence-corrected chi connectivity index (χ3v) is 1.95. The number of rotatable bonds is 2. The lowest BCUT2D eigenvalue weighted by Crippen LogP contribution is -1.91. The highest BCUT2D eigenvalue weighted by Crippen LogP contribution is 2.26. The van der Waals surface area contributed by atoms with E-state index < -0.39 is 0 Å². The Morgan fingerprint density at radius 2 is 2.58 bits per heavy atom. The molecule has 1 aromatic rings. The third kappa shape index (κ3) is 1.22. The van der Waals surface area contributed by atoms with Crippen LogP contribution >= 0.6 is 0 Å². The summed E-state index contributed by atoms with van der Waals surface area (Å²) in [5.41, 5.74) is 0.987. The second-order valence-electron chi connectivity index (χ2n) is 2.81. The summed E-state index contributed by atoms with van der Waals surface area (Å²) in [4.78, 5) is 0. The van der Waals surface area contributed by atoms with E-state index >= 15 is 0 Å². The van der Waals surface area contributed by atoms with Gasteiger partial charge >= 0.3 is 0 Å². The topological polar surface area (TPSA) is 35.3 Å². The molecule has 3 nitrogen and oxygen atoms in total. The van der Waals surface area contributed by atoms with Crippen LogP contribution in [0.25, 0.3) is 0 Å². The summed E-state index contributed by atoms with van der Waals surface area (Å²) < 4.78 is 10.4. The minimum atomic E-state index is 0.0535. The van der Waals surface area contributed by atoms with Crippen molar-refractivity contribution < 1.29 is 9.26 Å². The molecule has 0 radical (unpaired) electrons. The molecule has 0 spiro atoms. The van der Waals surface area contributed by atoms with E-state index in [1.54, 1.807) is 6.26 Å². The Hall–Kier alpha value is -1.25. The Kier molecular flexibility index (Phi) is 1.86. The van der Waals surface area contributed by atoms with Gasteiger partial charge in [0.15, 0.2) is 11.9 Å². The quantitative estimate of drug-likeness (QED) is 0.674. The predicted octanol–water partition coefficient (Wildman–Crippen LogP) is 2.21. The molecule has 0 fully saturated rings. The van der Waals surface area contributed by atoms with Crippen molar-refractivity contribution in [1.82, 2.24) is 5.16 Å². The van der Waals surface area contributed by atoms with Gasteiger partial charge in [-0.25, -0.2) is 0 Å². The molecule has 1 aliphatic rings. The van der Waals surface area contributed by atoms with Crippen LogP contribution in [-0.4, -0.2) is 5.16 Å². The first-order valence-electron chi connectivity index (χ1n) is 4.16. The number of hydrogen-bond acceptors (Lipinski definition) is 3. The van der Waals surface area contributed by atoms with Crippen LogP contribution in [0.15, 0.2) is 22.9 Å². The molecular formula is C9H11NO2. The summed E-state index contributed by atoms with van der Waals surface area (Å²) in [7, 11) is 0. The summed E-state index contributed by atoms with van der Waals surface area (Å²) in [5, 5.41) is 3.90. The lowest BCUT2D eigenvalue weighted by atomic mass is 10.2. The largest absolute Gasteiger partial charge is 0.490 e. The highest BCUT2D eigenvalue weighted by atomic mass is 16.5. The van der Waals surface area contributed by atoms with E-state index in [2.05, 4.69) is 12.1 Å². The van der Waals surface area contributed by atoms with Crippen molar-refractivity contribution in [2.45, 2.75) is 25.9 Å². The zero-order chi connectivity index (χ0) is 8.39. The van der Waals surface area contributed by atoms with Crippen molar-refractivity contribution in [3.8, 4) is 0 Å². The molecule has 2 heterocycles. The van der Waals surface area contributed by atoms with Gasteiger partial charge in [-0.05, 0) is 12.5 Å². The van der Waals surface area contributed by atoms with Crippen LogP contribution in [0.1, 0.15) is 30.9 Å². The molecule has 3 heteroatoms. The first kappa shape index (κ1) is 7.40. The highest BCUT2D eigenvalue weighted by Gasteiger charge is 2.18. The average molecular weight is 165 g/mol. The fourth-order valence-electron chi connectivity index (χ4n) is 1.21. The highest BCUT2D eigenvalue weighted by molar-refractivity contribution is 5.10. The van der Waals surface area contributed by atoms with Gasteiger partial charge in [0, 0.05) is 12.5 Å². The van der Waals surface area contributed by atoms with E-state index in [0.717, 1.165) is 24.3 Å². The van der Waals surface area contributed by atoms with Gasteiger partial charge < -0.3 is 9.26 Å². The number of aromatic nitrogens is 1. The Labute approximate surface area is 71.0 Å². The predicted molar refractivity (Wildman–Crippen MR) is 43.5 cm³/mol. The van der Waals surface area contributed by atoms with Crippen molar-refractivity contribution in [2.75, 3.05) is 0 Å².